The summed E-state index contributed by atoms with van der Waals surface area (Å²) >= 11 is 1.37. The van der Waals surface area contributed by atoms with Gasteiger partial charge in [0.25, 0.3) is 0 Å². The molecule has 0 saturated heterocycles. The Hall–Kier alpha value is -2.80. The maximum atomic E-state index is 13.3. The second-order valence-corrected chi connectivity index (χ2v) is 7.28. The molecule has 1 N–H and O–H groups in total. The van der Waals surface area contributed by atoms with Gasteiger partial charge in [-0.3, -0.25) is 4.79 Å². The molecule has 3 rings (SSSR count). The van der Waals surface area contributed by atoms with E-state index in [9.17, 15) is 18.0 Å². The zero-order chi connectivity index (χ0) is 20.1. The minimum Gasteiger partial charge on any atom is -0.481 e. The lowest BCUT2D eigenvalue weighted by Gasteiger charge is -2.13. The average molecular weight is 406 g/mol. The van der Waals surface area contributed by atoms with Gasteiger partial charge in [0.05, 0.1) is 12.0 Å². The first kappa shape index (κ1) is 19.9. The van der Waals surface area contributed by atoms with E-state index >= 15 is 0 Å². The molecule has 0 aliphatic heterocycles. The Balaban J connectivity index is 1.72. The van der Waals surface area contributed by atoms with E-state index in [1.807, 2.05) is 6.07 Å². The molecule has 3 aromatic rings. The maximum Gasteiger partial charge on any atom is 0.417 e. The van der Waals surface area contributed by atoms with Crippen LogP contribution in [-0.2, 0) is 24.0 Å². The van der Waals surface area contributed by atoms with Gasteiger partial charge in [-0.15, -0.1) is 11.3 Å². The number of alkyl halides is 3. The van der Waals surface area contributed by atoms with Gasteiger partial charge in [0.15, 0.2) is 5.06 Å². The first-order valence-electron chi connectivity index (χ1n) is 8.52. The van der Waals surface area contributed by atoms with E-state index in [1.54, 1.807) is 36.4 Å². The second-order valence-electron chi connectivity index (χ2n) is 6.15. The summed E-state index contributed by atoms with van der Waals surface area (Å²) in [7, 11) is 0. The van der Waals surface area contributed by atoms with Crippen molar-refractivity contribution in [3.05, 3.63) is 76.7 Å². The predicted octanol–water partition coefficient (Wildman–Crippen LogP) is 6.03. The fraction of sp³-hybridized carbons (Fsp3) is 0.190. The summed E-state index contributed by atoms with van der Waals surface area (Å²) in [4.78, 5) is 11.5. The Morgan fingerprint density at radius 3 is 2.57 bits per heavy atom. The number of aliphatic carboxylic acids is 1. The smallest absolute Gasteiger partial charge is 0.417 e. The summed E-state index contributed by atoms with van der Waals surface area (Å²) < 4.78 is 45.5. The molecule has 0 saturated carbocycles. The summed E-state index contributed by atoms with van der Waals surface area (Å²) in [6.07, 6.45) is -3.93. The van der Waals surface area contributed by atoms with Crippen LogP contribution in [0.3, 0.4) is 0 Å². The second kappa shape index (κ2) is 8.48. The third kappa shape index (κ3) is 5.13. The molecule has 7 heteroatoms. The highest BCUT2D eigenvalue weighted by Gasteiger charge is 2.33. The van der Waals surface area contributed by atoms with Gasteiger partial charge in [0.2, 0.25) is 0 Å². The maximum absolute atomic E-state index is 13.3. The Bertz CT molecular complexity index is 963. The topological polar surface area (TPSA) is 46.5 Å². The number of aryl methyl sites for hydroxylation is 1. The summed E-state index contributed by atoms with van der Waals surface area (Å²) in [5, 5.41) is 9.37. The number of rotatable bonds is 7. The lowest BCUT2D eigenvalue weighted by Crippen LogP contribution is -2.07. The largest absolute Gasteiger partial charge is 0.481 e. The zero-order valence-corrected chi connectivity index (χ0v) is 15.5. The summed E-state index contributed by atoms with van der Waals surface area (Å²) in [6, 6.07) is 15.9. The van der Waals surface area contributed by atoms with Crippen molar-refractivity contribution < 1.29 is 27.8 Å². The minimum absolute atomic E-state index is 0.0562. The lowest BCUT2D eigenvalue weighted by molar-refractivity contribution is -0.137. The van der Waals surface area contributed by atoms with Crippen LogP contribution in [0, 0.1) is 0 Å². The highest BCUT2D eigenvalue weighted by Crippen LogP contribution is 2.37. The summed E-state index contributed by atoms with van der Waals surface area (Å²) in [6.45, 7) is 0.209. The minimum atomic E-state index is -4.42. The molecule has 1 heterocycles. The van der Waals surface area contributed by atoms with Gasteiger partial charge in [0.1, 0.15) is 6.61 Å². The normalized spacial score (nSPS) is 11.4. The van der Waals surface area contributed by atoms with Crippen molar-refractivity contribution in [1.29, 1.82) is 0 Å². The van der Waals surface area contributed by atoms with Gasteiger partial charge < -0.3 is 9.84 Å². The summed E-state index contributed by atoms with van der Waals surface area (Å²) in [5.74, 6) is -0.855. The molecular formula is C21H17F3O3S. The van der Waals surface area contributed by atoms with Gasteiger partial charge in [-0.05, 0) is 47.4 Å². The monoisotopic (exact) mass is 406 g/mol. The molecule has 0 amide bonds. The van der Waals surface area contributed by atoms with Crippen LogP contribution in [0.4, 0.5) is 13.2 Å². The van der Waals surface area contributed by atoms with Crippen molar-refractivity contribution >= 4 is 17.3 Å². The first-order valence-corrected chi connectivity index (χ1v) is 9.33. The molecule has 0 fully saturated rings. The number of carbonyl (C=O) groups is 1. The van der Waals surface area contributed by atoms with E-state index in [2.05, 4.69) is 0 Å². The molecule has 0 radical (unpaired) electrons. The highest BCUT2D eigenvalue weighted by molar-refractivity contribution is 7.13. The Morgan fingerprint density at radius 2 is 1.82 bits per heavy atom. The number of halogens is 3. The lowest BCUT2D eigenvalue weighted by atomic mass is 9.98. The number of benzene rings is 2. The summed E-state index contributed by atoms with van der Waals surface area (Å²) in [5.41, 5.74) is 0.677. The number of carboxylic acid groups (broad SMARTS) is 1. The number of hydrogen-bond acceptors (Lipinski definition) is 3. The van der Waals surface area contributed by atoms with E-state index in [-0.39, 0.29) is 18.6 Å². The quantitative estimate of drug-likeness (QED) is 0.521. The fourth-order valence-electron chi connectivity index (χ4n) is 2.77. The molecular weight excluding hydrogens is 389 g/mol. The van der Waals surface area contributed by atoms with Crippen molar-refractivity contribution in [2.24, 2.45) is 0 Å². The van der Waals surface area contributed by atoms with Crippen LogP contribution in [0.1, 0.15) is 22.4 Å². The molecule has 2 aromatic carbocycles. The predicted molar refractivity (Wildman–Crippen MR) is 101 cm³/mol. The van der Waals surface area contributed by atoms with Crippen LogP contribution in [-0.4, -0.2) is 11.1 Å². The molecule has 1 aromatic heterocycles. The molecule has 0 atom stereocenters. The van der Waals surface area contributed by atoms with E-state index in [0.29, 0.717) is 17.0 Å². The molecule has 3 nitrogen and oxygen atoms in total. The third-order valence-electron chi connectivity index (χ3n) is 4.07. The Labute approximate surface area is 164 Å². The molecule has 146 valence electrons. The van der Waals surface area contributed by atoms with E-state index < -0.39 is 17.7 Å². The standard InChI is InChI=1S/C21H17F3O3S/c22-21(23,24)18-7-2-1-6-17(18)15-5-3-4-14(12-15)13-27-20-11-9-16(28-20)8-10-19(25)26/h1-7,9,11-12H,8,10,13H2,(H,25,26). The fourth-order valence-corrected chi connectivity index (χ4v) is 3.62. The van der Waals surface area contributed by atoms with Crippen molar-refractivity contribution in [3.63, 3.8) is 0 Å². The molecule has 0 aliphatic carbocycles. The molecule has 0 unspecified atom stereocenters. The molecule has 28 heavy (non-hydrogen) atoms. The van der Waals surface area contributed by atoms with Crippen LogP contribution in [0.2, 0.25) is 0 Å². The average Bonchev–Trinajstić information content (AvgIpc) is 3.12. The number of carboxylic acids is 1. The van der Waals surface area contributed by atoms with Crippen LogP contribution in [0.25, 0.3) is 11.1 Å². The number of hydrogen-bond donors (Lipinski definition) is 1. The van der Waals surface area contributed by atoms with Crippen LogP contribution in [0.15, 0.2) is 60.7 Å². The van der Waals surface area contributed by atoms with Crippen molar-refractivity contribution in [3.8, 4) is 16.2 Å². The van der Waals surface area contributed by atoms with Crippen molar-refractivity contribution in [2.45, 2.75) is 25.6 Å². The zero-order valence-electron chi connectivity index (χ0n) is 14.7. The van der Waals surface area contributed by atoms with E-state index in [1.165, 1.54) is 23.5 Å². The SMILES string of the molecule is O=C(O)CCc1ccc(OCc2cccc(-c3ccccc3C(F)(F)F)c2)s1. The molecule has 0 bridgehead atoms. The first-order chi connectivity index (χ1) is 13.3. The number of thiophene rings is 1. The third-order valence-corrected chi connectivity index (χ3v) is 5.13. The van der Waals surface area contributed by atoms with Crippen LogP contribution >= 0.6 is 11.3 Å². The Morgan fingerprint density at radius 1 is 1.04 bits per heavy atom. The van der Waals surface area contributed by atoms with Crippen LogP contribution < -0.4 is 4.74 Å². The molecule has 0 spiro atoms. The molecule has 0 aliphatic rings. The van der Waals surface area contributed by atoms with Gasteiger partial charge in [0, 0.05) is 4.88 Å². The van der Waals surface area contributed by atoms with Crippen molar-refractivity contribution in [2.75, 3.05) is 0 Å². The van der Waals surface area contributed by atoms with Crippen molar-refractivity contribution in [1.82, 2.24) is 0 Å². The van der Waals surface area contributed by atoms with Gasteiger partial charge in [-0.2, -0.15) is 13.2 Å². The number of ether oxygens (including phenoxy) is 1. The van der Waals surface area contributed by atoms with E-state index in [0.717, 1.165) is 16.5 Å². The van der Waals surface area contributed by atoms with E-state index in [4.69, 9.17) is 9.84 Å². The van der Waals surface area contributed by atoms with Gasteiger partial charge in [-0.1, -0.05) is 36.4 Å². The van der Waals surface area contributed by atoms with Gasteiger partial charge in [-0.25, -0.2) is 0 Å². The van der Waals surface area contributed by atoms with Gasteiger partial charge >= 0.3 is 12.1 Å². The van der Waals surface area contributed by atoms with Crippen LogP contribution in [0.5, 0.6) is 5.06 Å². The Kier molecular flexibility index (Phi) is 6.04. The highest BCUT2D eigenvalue weighted by atomic mass is 32.1.